The van der Waals surface area contributed by atoms with Gasteiger partial charge in [0, 0.05) is 19.1 Å². The fraction of sp³-hybridized carbons (Fsp3) is 0.571. The van der Waals surface area contributed by atoms with Gasteiger partial charge in [0.15, 0.2) is 0 Å². The van der Waals surface area contributed by atoms with Crippen molar-refractivity contribution in [2.24, 2.45) is 5.73 Å². The minimum atomic E-state index is -3.42. The zero-order valence-electron chi connectivity index (χ0n) is 12.4. The number of halogens is 1. The number of nitrogens with two attached hydrogens (primary N) is 1. The van der Waals surface area contributed by atoms with Crippen LogP contribution in [-0.2, 0) is 10.0 Å². The highest BCUT2D eigenvalue weighted by atomic mass is 35.5. The third-order valence-corrected chi connectivity index (χ3v) is 6.22. The summed E-state index contributed by atoms with van der Waals surface area (Å²) in [6.07, 6.45) is 0.738. The van der Waals surface area contributed by atoms with E-state index in [1.54, 1.807) is 0 Å². The molecular weight excluding hydrogens is 296 g/mol. The molecular formula is C14H23ClN2O2S. The lowest BCUT2D eigenvalue weighted by atomic mass is 10.0. The van der Waals surface area contributed by atoms with Crippen molar-refractivity contribution in [2.45, 2.75) is 45.1 Å². The molecule has 6 heteroatoms. The van der Waals surface area contributed by atoms with Crippen LogP contribution in [0.1, 0.15) is 28.7 Å². The lowest BCUT2D eigenvalue weighted by Crippen LogP contribution is -2.33. The van der Waals surface area contributed by atoms with E-state index in [1.165, 1.54) is 4.31 Å². The fourth-order valence-electron chi connectivity index (χ4n) is 2.67. The summed E-state index contributed by atoms with van der Waals surface area (Å²) in [5.41, 5.74) is 9.57. The summed E-state index contributed by atoms with van der Waals surface area (Å²) in [7, 11) is -3.42. The zero-order valence-corrected chi connectivity index (χ0v) is 14.1. The van der Waals surface area contributed by atoms with E-state index in [0.29, 0.717) is 18.0 Å². The van der Waals surface area contributed by atoms with Gasteiger partial charge in [-0.3, -0.25) is 0 Å². The number of aryl methyl sites for hydroxylation is 2. The molecule has 4 nitrogen and oxygen atoms in total. The van der Waals surface area contributed by atoms with Crippen LogP contribution in [0.5, 0.6) is 0 Å². The number of hydrogen-bond acceptors (Lipinski definition) is 3. The van der Waals surface area contributed by atoms with Crippen molar-refractivity contribution >= 4 is 22.4 Å². The predicted octanol–water partition coefficient (Wildman–Crippen LogP) is 2.06. The molecule has 2 rings (SSSR count). The van der Waals surface area contributed by atoms with E-state index in [2.05, 4.69) is 0 Å². The van der Waals surface area contributed by atoms with Gasteiger partial charge < -0.3 is 5.73 Å². The average Bonchev–Trinajstić information content (AvgIpc) is 2.74. The molecule has 0 amide bonds. The van der Waals surface area contributed by atoms with Gasteiger partial charge in [0.05, 0.1) is 4.90 Å². The molecule has 2 N–H and O–H groups in total. The summed E-state index contributed by atoms with van der Waals surface area (Å²) in [6.45, 7) is 8.62. The first-order chi connectivity index (χ1) is 8.75. The van der Waals surface area contributed by atoms with Crippen molar-refractivity contribution in [2.75, 3.05) is 13.1 Å². The van der Waals surface area contributed by atoms with Gasteiger partial charge in [-0.1, -0.05) is 6.07 Å². The van der Waals surface area contributed by atoms with Crippen LogP contribution in [0, 0.1) is 27.7 Å². The van der Waals surface area contributed by atoms with Crippen LogP contribution >= 0.6 is 12.4 Å². The Balaban J connectivity index is 0.00000200. The van der Waals surface area contributed by atoms with E-state index < -0.39 is 10.0 Å². The summed E-state index contributed by atoms with van der Waals surface area (Å²) in [4.78, 5) is 0.471. The average molecular weight is 319 g/mol. The van der Waals surface area contributed by atoms with E-state index in [-0.39, 0.29) is 18.4 Å². The molecule has 1 unspecified atom stereocenters. The van der Waals surface area contributed by atoms with Crippen molar-refractivity contribution in [3.63, 3.8) is 0 Å². The van der Waals surface area contributed by atoms with Crippen LogP contribution < -0.4 is 5.73 Å². The molecule has 0 saturated carbocycles. The van der Waals surface area contributed by atoms with Crippen molar-refractivity contribution in [1.82, 2.24) is 4.31 Å². The monoisotopic (exact) mass is 318 g/mol. The molecule has 20 heavy (non-hydrogen) atoms. The first-order valence-electron chi connectivity index (χ1n) is 6.58. The number of hydrogen-bond donors (Lipinski definition) is 1. The third-order valence-electron chi connectivity index (χ3n) is 4.08. The minimum Gasteiger partial charge on any atom is -0.326 e. The summed E-state index contributed by atoms with van der Waals surface area (Å²) >= 11 is 0. The topological polar surface area (TPSA) is 63.4 Å². The molecule has 0 bridgehead atoms. The Morgan fingerprint density at radius 1 is 1.15 bits per heavy atom. The van der Waals surface area contributed by atoms with Crippen molar-refractivity contribution < 1.29 is 8.42 Å². The number of benzene rings is 1. The minimum absolute atomic E-state index is 0. The Kier molecular flexibility index (Phi) is 5.24. The van der Waals surface area contributed by atoms with Gasteiger partial charge in [-0.05, 0) is 56.4 Å². The van der Waals surface area contributed by atoms with E-state index in [1.807, 2.05) is 33.8 Å². The highest BCUT2D eigenvalue weighted by molar-refractivity contribution is 7.89. The molecule has 1 aliphatic heterocycles. The van der Waals surface area contributed by atoms with Crippen LogP contribution in [0.25, 0.3) is 0 Å². The second-order valence-corrected chi connectivity index (χ2v) is 7.38. The van der Waals surface area contributed by atoms with Gasteiger partial charge in [-0.2, -0.15) is 4.31 Å². The van der Waals surface area contributed by atoms with Gasteiger partial charge in [0.2, 0.25) is 10.0 Å². The molecule has 114 valence electrons. The summed E-state index contributed by atoms with van der Waals surface area (Å²) in [6, 6.07) is 2.00. The van der Waals surface area contributed by atoms with Crippen LogP contribution in [0.3, 0.4) is 0 Å². The second kappa shape index (κ2) is 6.02. The SMILES string of the molecule is Cc1cc(C)c(C)c(S(=O)(=O)N2CCC(N)C2)c1C.Cl. The van der Waals surface area contributed by atoms with Crippen LogP contribution in [0.4, 0.5) is 0 Å². The molecule has 0 aliphatic carbocycles. The zero-order chi connectivity index (χ0) is 14.4. The molecule has 1 aromatic rings. The van der Waals surface area contributed by atoms with Crippen molar-refractivity contribution in [1.29, 1.82) is 0 Å². The molecule has 0 radical (unpaired) electrons. The van der Waals surface area contributed by atoms with E-state index in [4.69, 9.17) is 5.73 Å². The lowest BCUT2D eigenvalue weighted by molar-refractivity contribution is 0.471. The lowest BCUT2D eigenvalue weighted by Gasteiger charge is -2.21. The maximum absolute atomic E-state index is 12.8. The highest BCUT2D eigenvalue weighted by Gasteiger charge is 2.33. The molecule has 1 aromatic carbocycles. The smallest absolute Gasteiger partial charge is 0.243 e. The normalized spacial score (nSPS) is 19.9. The number of sulfonamides is 1. The summed E-state index contributed by atoms with van der Waals surface area (Å²) in [5, 5.41) is 0. The van der Waals surface area contributed by atoms with Gasteiger partial charge in [-0.15, -0.1) is 12.4 Å². The molecule has 0 aromatic heterocycles. The Morgan fingerprint density at radius 2 is 1.65 bits per heavy atom. The summed E-state index contributed by atoms with van der Waals surface area (Å²) < 4.78 is 27.1. The molecule has 1 fully saturated rings. The molecule has 0 spiro atoms. The highest BCUT2D eigenvalue weighted by Crippen LogP contribution is 2.30. The number of nitrogens with zero attached hydrogens (tertiary/aromatic N) is 1. The predicted molar refractivity (Wildman–Crippen MR) is 84.0 cm³/mol. The molecule has 1 saturated heterocycles. The third kappa shape index (κ3) is 2.86. The van der Waals surface area contributed by atoms with Crippen molar-refractivity contribution in [3.05, 3.63) is 28.3 Å². The van der Waals surface area contributed by atoms with Crippen molar-refractivity contribution in [3.8, 4) is 0 Å². The Labute approximate surface area is 127 Å². The van der Waals surface area contributed by atoms with Gasteiger partial charge >= 0.3 is 0 Å². The second-order valence-electron chi connectivity index (χ2n) is 5.50. The van der Waals surface area contributed by atoms with Gasteiger partial charge in [0.25, 0.3) is 0 Å². The van der Waals surface area contributed by atoms with Gasteiger partial charge in [-0.25, -0.2) is 8.42 Å². The standard InChI is InChI=1S/C14H22N2O2S.ClH/c1-9-7-10(2)12(4)14(11(9)3)19(17,18)16-6-5-13(15)8-16;/h7,13H,5-6,8,15H2,1-4H3;1H. The quantitative estimate of drug-likeness (QED) is 0.908. The first kappa shape index (κ1) is 17.4. The van der Waals surface area contributed by atoms with E-state index >= 15 is 0 Å². The molecule has 1 heterocycles. The van der Waals surface area contributed by atoms with E-state index in [0.717, 1.165) is 28.7 Å². The Morgan fingerprint density at radius 3 is 2.05 bits per heavy atom. The maximum atomic E-state index is 12.8. The fourth-order valence-corrected chi connectivity index (χ4v) is 4.76. The van der Waals surface area contributed by atoms with E-state index in [9.17, 15) is 8.42 Å². The Bertz CT molecular complexity index is 588. The summed E-state index contributed by atoms with van der Waals surface area (Å²) in [5.74, 6) is 0. The van der Waals surface area contributed by atoms with Crippen LogP contribution in [-0.4, -0.2) is 31.9 Å². The molecule has 1 atom stereocenters. The first-order valence-corrected chi connectivity index (χ1v) is 8.02. The van der Waals surface area contributed by atoms with Crippen LogP contribution in [0.15, 0.2) is 11.0 Å². The molecule has 1 aliphatic rings. The van der Waals surface area contributed by atoms with Gasteiger partial charge in [0.1, 0.15) is 0 Å². The maximum Gasteiger partial charge on any atom is 0.243 e. The Hall–Kier alpha value is -0.620. The number of rotatable bonds is 2. The largest absolute Gasteiger partial charge is 0.326 e. The van der Waals surface area contributed by atoms with Crippen LogP contribution in [0.2, 0.25) is 0 Å².